The first-order chi connectivity index (χ1) is 8.72. The highest BCUT2D eigenvalue weighted by Gasteiger charge is 2.33. The van der Waals surface area contributed by atoms with Gasteiger partial charge < -0.3 is 10.2 Å². The largest absolute Gasteiger partial charge is 0.362 e. The van der Waals surface area contributed by atoms with Crippen LogP contribution in [-0.2, 0) is 0 Å². The molecule has 102 valence electrons. The van der Waals surface area contributed by atoms with Gasteiger partial charge in [0.1, 0.15) is 0 Å². The van der Waals surface area contributed by atoms with Crippen molar-refractivity contribution in [1.82, 2.24) is 10.2 Å². The van der Waals surface area contributed by atoms with Crippen molar-refractivity contribution < 1.29 is 0 Å². The normalized spacial score (nSPS) is 36.8. The first kappa shape index (κ1) is 12.8. The van der Waals surface area contributed by atoms with Crippen LogP contribution in [0.25, 0.3) is 0 Å². The fourth-order valence-electron chi connectivity index (χ4n) is 3.35. The van der Waals surface area contributed by atoms with Gasteiger partial charge in [0, 0.05) is 23.9 Å². The van der Waals surface area contributed by atoms with Crippen LogP contribution >= 0.6 is 11.8 Å². The van der Waals surface area contributed by atoms with Gasteiger partial charge in [-0.3, -0.25) is 4.99 Å². The molecular weight excluding hydrogens is 242 g/mol. The van der Waals surface area contributed by atoms with Gasteiger partial charge in [-0.15, -0.1) is 0 Å². The van der Waals surface area contributed by atoms with E-state index in [1.807, 2.05) is 11.8 Å². The van der Waals surface area contributed by atoms with Gasteiger partial charge >= 0.3 is 0 Å². The third kappa shape index (κ3) is 2.69. The molecule has 18 heavy (non-hydrogen) atoms. The lowest BCUT2D eigenvalue weighted by atomic mass is 9.98. The molecule has 3 rings (SSSR count). The molecule has 3 atom stereocenters. The molecule has 3 unspecified atom stereocenters. The van der Waals surface area contributed by atoms with Gasteiger partial charge in [-0.25, -0.2) is 0 Å². The second kappa shape index (κ2) is 5.41. The van der Waals surface area contributed by atoms with Crippen LogP contribution in [0.4, 0.5) is 0 Å². The van der Waals surface area contributed by atoms with Crippen LogP contribution in [0.15, 0.2) is 4.99 Å². The second-order valence-electron chi connectivity index (χ2n) is 6.24. The van der Waals surface area contributed by atoms with Crippen molar-refractivity contribution in [2.24, 2.45) is 10.9 Å². The third-order valence-electron chi connectivity index (χ3n) is 4.57. The minimum atomic E-state index is 0.668. The molecule has 3 aliphatic rings. The Labute approximate surface area is 115 Å². The second-order valence-corrected chi connectivity index (χ2v) is 7.47. The van der Waals surface area contributed by atoms with Gasteiger partial charge in [0.2, 0.25) is 0 Å². The van der Waals surface area contributed by atoms with Gasteiger partial charge in [0.05, 0.1) is 6.54 Å². The summed E-state index contributed by atoms with van der Waals surface area (Å²) in [5.41, 5.74) is 0. The summed E-state index contributed by atoms with van der Waals surface area (Å²) in [4.78, 5) is 7.35. The van der Waals surface area contributed by atoms with Gasteiger partial charge in [0.15, 0.2) is 5.17 Å². The molecule has 3 nitrogen and oxygen atoms in total. The number of nitrogens with one attached hydrogen (secondary N) is 1. The number of rotatable bonds is 2. The van der Waals surface area contributed by atoms with E-state index >= 15 is 0 Å². The Morgan fingerprint density at radius 2 is 2.22 bits per heavy atom. The quantitative estimate of drug-likeness (QED) is 0.832. The Kier molecular flexibility index (Phi) is 3.85. The van der Waals surface area contributed by atoms with Crippen LogP contribution in [-0.4, -0.2) is 47.0 Å². The minimum absolute atomic E-state index is 0.668. The number of hydrogen-bond donors (Lipinski definition) is 1. The maximum Gasteiger partial charge on any atom is 0.157 e. The van der Waals surface area contributed by atoms with Crippen LogP contribution in [0.5, 0.6) is 0 Å². The van der Waals surface area contributed by atoms with Crippen LogP contribution in [0, 0.1) is 5.92 Å². The maximum atomic E-state index is 4.67. The Morgan fingerprint density at radius 1 is 1.33 bits per heavy atom. The molecule has 3 heterocycles. The van der Waals surface area contributed by atoms with Crippen molar-refractivity contribution in [2.45, 2.75) is 56.9 Å². The van der Waals surface area contributed by atoms with Gasteiger partial charge in [-0.1, -0.05) is 25.6 Å². The molecule has 0 saturated carbocycles. The van der Waals surface area contributed by atoms with Crippen molar-refractivity contribution in [3.05, 3.63) is 0 Å². The smallest absolute Gasteiger partial charge is 0.157 e. The van der Waals surface area contributed by atoms with Crippen LogP contribution in [0.2, 0.25) is 0 Å². The molecule has 3 aliphatic heterocycles. The average molecular weight is 267 g/mol. The summed E-state index contributed by atoms with van der Waals surface area (Å²) in [7, 11) is 0. The van der Waals surface area contributed by atoms with E-state index in [4.69, 9.17) is 0 Å². The van der Waals surface area contributed by atoms with E-state index in [0.29, 0.717) is 11.3 Å². The number of fused-ring (bicyclic) bond motifs is 1. The first-order valence-electron chi connectivity index (χ1n) is 7.44. The molecule has 0 radical (unpaired) electrons. The van der Waals surface area contributed by atoms with E-state index in [9.17, 15) is 0 Å². The van der Waals surface area contributed by atoms with Crippen molar-refractivity contribution in [3.63, 3.8) is 0 Å². The summed E-state index contributed by atoms with van der Waals surface area (Å²) in [5.74, 6) is 0.731. The molecule has 2 fully saturated rings. The first-order valence-corrected chi connectivity index (χ1v) is 8.32. The van der Waals surface area contributed by atoms with Crippen molar-refractivity contribution in [3.8, 4) is 0 Å². The van der Waals surface area contributed by atoms with E-state index in [2.05, 4.69) is 29.1 Å². The number of amidine groups is 1. The highest BCUT2D eigenvalue weighted by atomic mass is 32.2. The lowest BCUT2D eigenvalue weighted by Crippen LogP contribution is -2.46. The van der Waals surface area contributed by atoms with Crippen LogP contribution in [0.3, 0.4) is 0 Å². The van der Waals surface area contributed by atoms with E-state index in [-0.39, 0.29) is 0 Å². The van der Waals surface area contributed by atoms with Crippen LogP contribution in [0.1, 0.15) is 39.5 Å². The highest BCUT2D eigenvalue weighted by Crippen LogP contribution is 2.29. The standard InChI is InChI=1S/C14H25N3S/c1-10(2)13-9-15-14(18-13)16-11-5-7-17-6-3-4-12(17)8-11/h10-13H,3-9H2,1-2H3,(H,15,16). The van der Waals surface area contributed by atoms with E-state index in [0.717, 1.165) is 18.5 Å². The molecule has 0 spiro atoms. The summed E-state index contributed by atoms with van der Waals surface area (Å²) in [6.07, 6.45) is 5.43. The Balaban J connectivity index is 1.49. The fourth-order valence-corrected chi connectivity index (χ4v) is 4.44. The van der Waals surface area contributed by atoms with Gasteiger partial charge in [0.25, 0.3) is 0 Å². The average Bonchev–Trinajstić information content (AvgIpc) is 2.96. The lowest BCUT2D eigenvalue weighted by Gasteiger charge is -2.35. The van der Waals surface area contributed by atoms with E-state index < -0.39 is 0 Å². The maximum absolute atomic E-state index is 4.67. The van der Waals surface area contributed by atoms with Crippen molar-refractivity contribution >= 4 is 16.9 Å². The summed E-state index contributed by atoms with van der Waals surface area (Å²) >= 11 is 1.96. The zero-order valence-corrected chi connectivity index (χ0v) is 12.4. The number of hydrogen-bond acceptors (Lipinski definition) is 4. The molecule has 0 amide bonds. The molecule has 2 saturated heterocycles. The SMILES string of the molecule is CC(C)C1CN=C(NC2CCN3CCCC3C2)S1. The molecule has 0 bridgehead atoms. The molecule has 0 aromatic carbocycles. The van der Waals surface area contributed by atoms with E-state index in [1.54, 1.807) is 0 Å². The summed E-state index contributed by atoms with van der Waals surface area (Å²) in [6, 6.07) is 1.52. The number of piperidine rings is 1. The summed E-state index contributed by atoms with van der Waals surface area (Å²) in [6.45, 7) is 8.23. The number of thioether (sulfide) groups is 1. The minimum Gasteiger partial charge on any atom is -0.362 e. The van der Waals surface area contributed by atoms with Gasteiger partial charge in [-0.05, 0) is 38.1 Å². The number of aliphatic imine (C=N–C) groups is 1. The van der Waals surface area contributed by atoms with Crippen LogP contribution < -0.4 is 5.32 Å². The topological polar surface area (TPSA) is 27.6 Å². The summed E-state index contributed by atoms with van der Waals surface area (Å²) in [5, 5.41) is 5.61. The Hall–Kier alpha value is -0.220. The predicted molar refractivity (Wildman–Crippen MR) is 79.3 cm³/mol. The molecule has 0 aromatic rings. The third-order valence-corrected chi connectivity index (χ3v) is 6.04. The zero-order valence-electron chi connectivity index (χ0n) is 11.6. The summed E-state index contributed by atoms with van der Waals surface area (Å²) < 4.78 is 0. The molecular formula is C14H25N3S. The van der Waals surface area contributed by atoms with Crippen molar-refractivity contribution in [2.75, 3.05) is 19.6 Å². The monoisotopic (exact) mass is 267 g/mol. The zero-order chi connectivity index (χ0) is 12.5. The molecule has 0 aromatic heterocycles. The van der Waals surface area contributed by atoms with Gasteiger partial charge in [-0.2, -0.15) is 0 Å². The van der Waals surface area contributed by atoms with Crippen molar-refractivity contribution in [1.29, 1.82) is 0 Å². The molecule has 4 heteroatoms. The number of nitrogens with zero attached hydrogens (tertiary/aromatic N) is 2. The Morgan fingerprint density at radius 3 is 3.00 bits per heavy atom. The molecule has 0 aliphatic carbocycles. The van der Waals surface area contributed by atoms with E-state index in [1.165, 1.54) is 43.9 Å². The fraction of sp³-hybridized carbons (Fsp3) is 0.929. The highest BCUT2D eigenvalue weighted by molar-refractivity contribution is 8.14. The molecule has 1 N–H and O–H groups in total. The Bertz CT molecular complexity index is 329. The predicted octanol–water partition coefficient (Wildman–Crippen LogP) is 2.33. The lowest BCUT2D eigenvalue weighted by molar-refractivity contribution is 0.175.